The highest BCUT2D eigenvalue weighted by Gasteiger charge is 2.01. The lowest BCUT2D eigenvalue weighted by Crippen LogP contribution is -2.30. The molecule has 0 atom stereocenters. The number of hydrogen-bond donors (Lipinski definition) is 2. The topological polar surface area (TPSA) is 54.0 Å². The van der Waals surface area contributed by atoms with Crippen LogP contribution in [0.1, 0.15) is 10.6 Å². The van der Waals surface area contributed by atoms with Crippen LogP contribution in [0.4, 0.5) is 0 Å². The quantitative estimate of drug-likeness (QED) is 0.732. The third-order valence-electron chi connectivity index (χ3n) is 1.69. The molecule has 0 aromatic carbocycles. The number of aryl methyl sites for hydroxylation is 1. The zero-order chi connectivity index (χ0) is 9.68. The van der Waals surface area contributed by atoms with Crippen molar-refractivity contribution in [2.75, 3.05) is 13.6 Å². The molecule has 1 heterocycles. The highest BCUT2D eigenvalue weighted by molar-refractivity contribution is 7.09. The highest BCUT2D eigenvalue weighted by atomic mass is 32.1. The first-order chi connectivity index (χ1) is 6.24. The van der Waals surface area contributed by atoms with Gasteiger partial charge >= 0.3 is 0 Å². The maximum absolute atomic E-state index is 10.8. The number of amides is 1. The largest absolute Gasteiger partial charge is 0.358 e. The Morgan fingerprint density at radius 2 is 2.46 bits per heavy atom. The number of nitrogens with one attached hydrogen (secondary N) is 2. The zero-order valence-electron chi connectivity index (χ0n) is 7.76. The van der Waals surface area contributed by atoms with Gasteiger partial charge in [0.2, 0.25) is 5.91 Å². The molecule has 13 heavy (non-hydrogen) atoms. The van der Waals surface area contributed by atoms with Gasteiger partial charge < -0.3 is 10.6 Å². The Morgan fingerprint density at radius 3 is 3.00 bits per heavy atom. The van der Waals surface area contributed by atoms with Gasteiger partial charge in [0.15, 0.2) is 0 Å². The van der Waals surface area contributed by atoms with Crippen LogP contribution in [0, 0.1) is 6.92 Å². The Labute approximate surface area is 81.4 Å². The number of nitrogens with zero attached hydrogens (tertiary/aromatic N) is 1. The fraction of sp³-hybridized carbons (Fsp3) is 0.500. The lowest BCUT2D eigenvalue weighted by molar-refractivity contribution is -0.119. The molecule has 72 valence electrons. The molecule has 0 unspecified atom stereocenters. The molecule has 0 aliphatic carbocycles. The van der Waals surface area contributed by atoms with Gasteiger partial charge in [-0.25, -0.2) is 4.98 Å². The van der Waals surface area contributed by atoms with E-state index in [-0.39, 0.29) is 5.91 Å². The standard InChI is InChI=1S/C8H13N3OS/c1-6-7(13-5-11-6)3-10-4-8(12)9-2/h5,10H,3-4H2,1-2H3,(H,9,12). The summed E-state index contributed by atoms with van der Waals surface area (Å²) in [4.78, 5) is 16.1. The molecule has 5 heteroatoms. The Balaban J connectivity index is 2.28. The number of aromatic nitrogens is 1. The average Bonchev–Trinajstić information content (AvgIpc) is 2.52. The lowest BCUT2D eigenvalue weighted by atomic mass is 10.4. The van der Waals surface area contributed by atoms with Crippen molar-refractivity contribution in [3.63, 3.8) is 0 Å². The van der Waals surface area contributed by atoms with E-state index in [9.17, 15) is 4.79 Å². The molecule has 0 fully saturated rings. The number of likely N-dealkylation sites (N-methyl/N-ethyl adjacent to an activating group) is 1. The van der Waals surface area contributed by atoms with Crippen LogP contribution in [0.15, 0.2) is 5.51 Å². The molecule has 0 saturated heterocycles. The summed E-state index contributed by atoms with van der Waals surface area (Å²) < 4.78 is 0. The van der Waals surface area contributed by atoms with Gasteiger partial charge in [-0.2, -0.15) is 0 Å². The maximum Gasteiger partial charge on any atom is 0.233 e. The van der Waals surface area contributed by atoms with Crippen molar-refractivity contribution in [2.24, 2.45) is 0 Å². The Hall–Kier alpha value is -0.940. The molecule has 1 rings (SSSR count). The van der Waals surface area contributed by atoms with Gasteiger partial charge in [0.1, 0.15) is 0 Å². The molecule has 0 bridgehead atoms. The SMILES string of the molecule is CNC(=O)CNCc1scnc1C. The van der Waals surface area contributed by atoms with Gasteiger partial charge in [-0.1, -0.05) is 0 Å². The molecule has 1 aromatic heterocycles. The summed E-state index contributed by atoms with van der Waals surface area (Å²) >= 11 is 1.60. The Bertz CT molecular complexity index is 285. The van der Waals surface area contributed by atoms with E-state index in [1.54, 1.807) is 18.4 Å². The molecule has 0 aliphatic heterocycles. The van der Waals surface area contributed by atoms with Crippen LogP contribution in [0.3, 0.4) is 0 Å². The van der Waals surface area contributed by atoms with Gasteiger partial charge in [0.05, 0.1) is 17.7 Å². The minimum absolute atomic E-state index is 0.00201. The van der Waals surface area contributed by atoms with E-state index in [0.29, 0.717) is 13.1 Å². The molecular formula is C8H13N3OS. The number of hydrogen-bond acceptors (Lipinski definition) is 4. The normalized spacial score (nSPS) is 10.0. The molecule has 1 aromatic rings. The monoisotopic (exact) mass is 199 g/mol. The smallest absolute Gasteiger partial charge is 0.233 e. The summed E-state index contributed by atoms with van der Waals surface area (Å²) in [5.41, 5.74) is 2.85. The van der Waals surface area contributed by atoms with Gasteiger partial charge in [-0.15, -0.1) is 11.3 Å². The Kier molecular flexibility index (Phi) is 3.85. The van der Waals surface area contributed by atoms with Crippen LogP contribution < -0.4 is 10.6 Å². The molecule has 1 amide bonds. The molecular weight excluding hydrogens is 186 g/mol. The fourth-order valence-electron chi connectivity index (χ4n) is 0.874. The van der Waals surface area contributed by atoms with E-state index in [4.69, 9.17) is 0 Å². The first kappa shape index (κ1) is 10.1. The summed E-state index contributed by atoms with van der Waals surface area (Å²) in [6.07, 6.45) is 0. The second kappa shape index (κ2) is 4.94. The highest BCUT2D eigenvalue weighted by Crippen LogP contribution is 2.10. The lowest BCUT2D eigenvalue weighted by Gasteiger charge is -2.01. The van der Waals surface area contributed by atoms with Gasteiger partial charge in [-0.3, -0.25) is 4.79 Å². The van der Waals surface area contributed by atoms with E-state index >= 15 is 0 Å². The Morgan fingerprint density at radius 1 is 1.69 bits per heavy atom. The van der Waals surface area contributed by atoms with E-state index in [0.717, 1.165) is 5.69 Å². The van der Waals surface area contributed by atoms with Crippen LogP contribution in [-0.2, 0) is 11.3 Å². The summed E-state index contributed by atoms with van der Waals surface area (Å²) in [7, 11) is 1.63. The van der Waals surface area contributed by atoms with E-state index in [1.165, 1.54) is 4.88 Å². The summed E-state index contributed by atoms with van der Waals surface area (Å²) in [5.74, 6) is 0.00201. The summed E-state index contributed by atoms with van der Waals surface area (Å²) in [5, 5.41) is 5.58. The van der Waals surface area contributed by atoms with E-state index in [1.807, 2.05) is 12.4 Å². The zero-order valence-corrected chi connectivity index (χ0v) is 8.57. The van der Waals surface area contributed by atoms with Crippen molar-refractivity contribution in [2.45, 2.75) is 13.5 Å². The number of rotatable bonds is 4. The van der Waals surface area contributed by atoms with Crippen LogP contribution in [0.25, 0.3) is 0 Å². The number of thiazole rings is 1. The van der Waals surface area contributed by atoms with E-state index < -0.39 is 0 Å². The molecule has 2 N–H and O–H groups in total. The van der Waals surface area contributed by atoms with Crippen molar-refractivity contribution < 1.29 is 4.79 Å². The maximum atomic E-state index is 10.8. The first-order valence-corrected chi connectivity index (χ1v) is 4.92. The predicted octanol–water partition coefficient (Wildman–Crippen LogP) is 0.287. The van der Waals surface area contributed by atoms with Crippen LogP contribution >= 0.6 is 11.3 Å². The van der Waals surface area contributed by atoms with E-state index in [2.05, 4.69) is 15.6 Å². The van der Waals surface area contributed by atoms with Crippen molar-refractivity contribution in [3.05, 3.63) is 16.1 Å². The molecule has 0 radical (unpaired) electrons. The van der Waals surface area contributed by atoms with Crippen LogP contribution in [0.5, 0.6) is 0 Å². The van der Waals surface area contributed by atoms with Crippen molar-refractivity contribution in [3.8, 4) is 0 Å². The summed E-state index contributed by atoms with van der Waals surface area (Å²) in [6.45, 7) is 3.03. The van der Waals surface area contributed by atoms with Gasteiger partial charge in [-0.05, 0) is 6.92 Å². The molecule has 4 nitrogen and oxygen atoms in total. The van der Waals surface area contributed by atoms with Gasteiger partial charge in [0, 0.05) is 18.5 Å². The third kappa shape index (κ3) is 3.12. The summed E-state index contributed by atoms with van der Waals surface area (Å²) in [6, 6.07) is 0. The van der Waals surface area contributed by atoms with Crippen molar-refractivity contribution in [1.29, 1.82) is 0 Å². The van der Waals surface area contributed by atoms with Crippen molar-refractivity contribution in [1.82, 2.24) is 15.6 Å². The predicted molar refractivity (Wildman–Crippen MR) is 52.6 cm³/mol. The minimum atomic E-state index is 0.00201. The molecule has 0 aliphatic rings. The van der Waals surface area contributed by atoms with Crippen LogP contribution in [-0.4, -0.2) is 24.5 Å². The third-order valence-corrected chi connectivity index (χ3v) is 2.63. The van der Waals surface area contributed by atoms with Crippen LogP contribution in [0.2, 0.25) is 0 Å². The number of carbonyl (C=O) groups is 1. The van der Waals surface area contributed by atoms with Gasteiger partial charge in [0.25, 0.3) is 0 Å². The second-order valence-corrected chi connectivity index (χ2v) is 3.58. The first-order valence-electron chi connectivity index (χ1n) is 4.04. The molecule has 0 saturated carbocycles. The van der Waals surface area contributed by atoms with Crippen molar-refractivity contribution >= 4 is 17.2 Å². The average molecular weight is 199 g/mol. The fourth-order valence-corrected chi connectivity index (χ4v) is 1.62. The molecule has 0 spiro atoms. The minimum Gasteiger partial charge on any atom is -0.358 e. The second-order valence-electron chi connectivity index (χ2n) is 2.64. The number of carbonyl (C=O) groups excluding carboxylic acids is 1.